The second-order valence-electron chi connectivity index (χ2n) is 15.0. The average Bonchev–Trinajstić information content (AvgIpc) is 3.63. The molecular weight excluding hydrogens is 720 g/mol. The first-order chi connectivity index (χ1) is 27.1. The minimum absolute atomic E-state index is 0.0496. The highest BCUT2D eigenvalue weighted by Gasteiger charge is 2.31. The van der Waals surface area contributed by atoms with E-state index < -0.39 is 41.8 Å². The molecule has 3 rings (SSSR count). The van der Waals surface area contributed by atoms with Crippen molar-refractivity contribution in [3.8, 4) is 5.75 Å². The van der Waals surface area contributed by atoms with Crippen molar-refractivity contribution in [1.82, 2.24) is 26.1 Å². The van der Waals surface area contributed by atoms with Gasteiger partial charge in [-0.1, -0.05) is 96.1 Å². The monoisotopic (exact) mass is 786 g/mol. The van der Waals surface area contributed by atoms with Gasteiger partial charge >= 0.3 is 0 Å². The normalized spacial score (nSPS) is 17.4. The summed E-state index contributed by atoms with van der Waals surface area (Å²) >= 11 is 0. The van der Waals surface area contributed by atoms with Crippen LogP contribution in [0.15, 0.2) is 29.3 Å². The van der Waals surface area contributed by atoms with Crippen LogP contribution in [0.2, 0.25) is 0 Å². The first-order valence-electron chi connectivity index (χ1n) is 21.0. The molecule has 6 N–H and O–H groups in total. The molecule has 1 aromatic rings. The summed E-state index contributed by atoms with van der Waals surface area (Å²) in [6, 6.07) is 3.61. The van der Waals surface area contributed by atoms with Crippen LogP contribution in [0.3, 0.4) is 0 Å². The van der Waals surface area contributed by atoms with Crippen LogP contribution < -0.4 is 16.0 Å². The summed E-state index contributed by atoms with van der Waals surface area (Å²) in [5.74, 6) is -2.43. The van der Waals surface area contributed by atoms with Gasteiger partial charge in [-0.25, -0.2) is 15.1 Å². The minimum atomic E-state index is -1.02. The van der Waals surface area contributed by atoms with Crippen molar-refractivity contribution in [3.63, 3.8) is 0 Å². The van der Waals surface area contributed by atoms with Crippen LogP contribution in [0, 0.1) is 0 Å². The van der Waals surface area contributed by atoms with Crippen molar-refractivity contribution in [1.29, 1.82) is 0 Å². The first-order valence-corrected chi connectivity index (χ1v) is 21.0. The number of hydroxylamine groups is 4. The summed E-state index contributed by atoms with van der Waals surface area (Å²) in [4.78, 5) is 68.3. The topological polar surface area (TPSA) is 210 Å². The number of aromatic hydroxyl groups is 1. The Hall–Kier alpha value is -4.24. The third-order valence-electron chi connectivity index (χ3n) is 10.3. The molecule has 314 valence electrons. The number of benzene rings is 1. The highest BCUT2D eigenvalue weighted by Crippen LogP contribution is 2.21. The Morgan fingerprint density at radius 3 is 2.25 bits per heavy atom. The minimum Gasteiger partial charge on any atom is -0.507 e. The summed E-state index contributed by atoms with van der Waals surface area (Å²) in [6.45, 7) is 2.36. The summed E-state index contributed by atoms with van der Waals surface area (Å²) in [5, 5.41) is 39.7. The molecule has 15 heteroatoms. The number of hydrogen-bond acceptors (Lipinski definition) is 10. The number of phenols is 1. The van der Waals surface area contributed by atoms with Crippen molar-refractivity contribution in [2.75, 3.05) is 26.2 Å². The number of phenolic OH excluding ortho intramolecular Hbond substituents is 1. The van der Waals surface area contributed by atoms with Crippen LogP contribution >= 0.6 is 0 Å². The Balaban J connectivity index is 1.41. The van der Waals surface area contributed by atoms with Crippen LogP contribution in [-0.4, -0.2) is 105 Å². The fourth-order valence-corrected chi connectivity index (χ4v) is 6.85. The van der Waals surface area contributed by atoms with E-state index >= 15 is 0 Å². The van der Waals surface area contributed by atoms with Gasteiger partial charge in [0, 0.05) is 32.5 Å². The zero-order valence-corrected chi connectivity index (χ0v) is 33.4. The van der Waals surface area contributed by atoms with Gasteiger partial charge in [-0.2, -0.15) is 0 Å². The molecule has 2 aliphatic rings. The highest BCUT2D eigenvalue weighted by molar-refractivity contribution is 6.00. The lowest BCUT2D eigenvalue weighted by Gasteiger charge is -2.21. The highest BCUT2D eigenvalue weighted by atomic mass is 16.5. The van der Waals surface area contributed by atoms with Crippen LogP contribution in [0.5, 0.6) is 5.75 Å². The Labute approximate surface area is 331 Å². The van der Waals surface area contributed by atoms with Crippen molar-refractivity contribution < 1.29 is 44.2 Å². The van der Waals surface area contributed by atoms with Gasteiger partial charge in [-0.3, -0.25) is 34.4 Å². The fourth-order valence-electron chi connectivity index (χ4n) is 6.85. The quantitative estimate of drug-likeness (QED) is 0.0389. The van der Waals surface area contributed by atoms with E-state index in [0.29, 0.717) is 42.7 Å². The Kier molecular flexibility index (Phi) is 21.9. The van der Waals surface area contributed by atoms with Crippen molar-refractivity contribution >= 4 is 35.4 Å². The van der Waals surface area contributed by atoms with E-state index in [4.69, 9.17) is 4.74 Å². The fraction of sp³-hybridized carbons (Fsp3) is 0.707. The zero-order chi connectivity index (χ0) is 40.5. The Bertz CT molecular complexity index is 1410. The van der Waals surface area contributed by atoms with E-state index in [1.54, 1.807) is 18.2 Å². The molecule has 1 aromatic carbocycles. The Morgan fingerprint density at radius 1 is 0.911 bits per heavy atom. The molecule has 56 heavy (non-hydrogen) atoms. The summed E-state index contributed by atoms with van der Waals surface area (Å²) in [6.07, 6.45) is 18.4. The molecule has 0 bridgehead atoms. The molecule has 0 aliphatic carbocycles. The summed E-state index contributed by atoms with van der Waals surface area (Å²) < 4.78 is 5.57. The maximum absolute atomic E-state index is 13.3. The number of carbonyl (C=O) groups excluding carboxylic acids is 5. The van der Waals surface area contributed by atoms with Crippen molar-refractivity contribution in [2.45, 2.75) is 160 Å². The van der Waals surface area contributed by atoms with E-state index in [9.17, 15) is 39.5 Å². The van der Waals surface area contributed by atoms with Crippen LogP contribution in [0.4, 0.5) is 0 Å². The summed E-state index contributed by atoms with van der Waals surface area (Å²) in [5.41, 5.74) is 0.338. The molecule has 5 amide bonds. The number of para-hydroxylation sites is 1. The molecule has 0 spiro atoms. The van der Waals surface area contributed by atoms with Crippen molar-refractivity contribution in [3.05, 3.63) is 29.8 Å². The molecule has 0 aromatic heterocycles. The maximum atomic E-state index is 13.3. The molecule has 1 fully saturated rings. The predicted molar refractivity (Wildman–Crippen MR) is 211 cm³/mol. The zero-order valence-electron chi connectivity index (χ0n) is 33.4. The smallest absolute Gasteiger partial charge is 0.268 e. The molecule has 15 nitrogen and oxygen atoms in total. The molecule has 3 atom stereocenters. The number of nitrogens with zero attached hydrogens (tertiary/aromatic N) is 3. The van der Waals surface area contributed by atoms with Crippen LogP contribution in [-0.2, 0) is 28.7 Å². The van der Waals surface area contributed by atoms with Gasteiger partial charge in [0.2, 0.25) is 29.5 Å². The van der Waals surface area contributed by atoms with Gasteiger partial charge in [0.1, 0.15) is 24.4 Å². The van der Waals surface area contributed by atoms with Gasteiger partial charge in [-0.05, 0) is 57.1 Å². The second kappa shape index (κ2) is 26.6. The Morgan fingerprint density at radius 2 is 1.57 bits per heavy atom. The molecule has 1 unspecified atom stereocenters. The lowest BCUT2D eigenvalue weighted by Crippen LogP contribution is -2.50. The van der Waals surface area contributed by atoms with E-state index in [2.05, 4.69) is 27.9 Å². The molecule has 0 radical (unpaired) electrons. The van der Waals surface area contributed by atoms with E-state index in [1.165, 1.54) is 63.9 Å². The first kappa shape index (κ1) is 46.1. The van der Waals surface area contributed by atoms with Crippen LogP contribution in [0.1, 0.15) is 147 Å². The molecule has 1 saturated heterocycles. The third-order valence-corrected chi connectivity index (χ3v) is 10.3. The van der Waals surface area contributed by atoms with E-state index in [0.717, 1.165) is 30.7 Å². The van der Waals surface area contributed by atoms with Gasteiger partial charge < -0.3 is 25.8 Å². The van der Waals surface area contributed by atoms with Gasteiger partial charge in [0.15, 0.2) is 6.04 Å². The van der Waals surface area contributed by atoms with Crippen LogP contribution in [0.25, 0.3) is 0 Å². The summed E-state index contributed by atoms with van der Waals surface area (Å²) in [7, 11) is 0. The second-order valence-corrected chi connectivity index (χ2v) is 15.0. The molecule has 2 heterocycles. The largest absolute Gasteiger partial charge is 0.507 e. The predicted octanol–water partition coefficient (Wildman–Crippen LogP) is 5.28. The number of ether oxygens (including phenoxy) is 1. The number of carbonyl (C=O) groups is 5. The van der Waals surface area contributed by atoms with Gasteiger partial charge in [0.25, 0.3) is 5.91 Å². The number of aliphatic imine (C=N–C) groups is 1. The van der Waals surface area contributed by atoms with Crippen molar-refractivity contribution in [2.24, 2.45) is 4.99 Å². The SMILES string of the molecule is CCCCCCCCCCCCCCCC(=O)N(O)CCCC[C@@H](NC(=O)[C@@H]1COC(c2ccccc2O)=N1)C(=O)NCCC(=O)NC1CCCCN(O)C1=O. The van der Waals surface area contributed by atoms with Gasteiger partial charge in [-0.15, -0.1) is 0 Å². The lowest BCUT2D eigenvalue weighted by atomic mass is 10.0. The number of hydrogen-bond donors (Lipinski definition) is 6. The average molecular weight is 787 g/mol. The van der Waals surface area contributed by atoms with E-state index in [1.807, 2.05) is 0 Å². The van der Waals surface area contributed by atoms with Gasteiger partial charge in [0.05, 0.1) is 5.56 Å². The number of amides is 5. The number of unbranched alkanes of at least 4 members (excludes halogenated alkanes) is 13. The molecule has 0 saturated carbocycles. The van der Waals surface area contributed by atoms with E-state index in [-0.39, 0.29) is 63.1 Å². The lowest BCUT2D eigenvalue weighted by molar-refractivity contribution is -0.167. The maximum Gasteiger partial charge on any atom is 0.268 e. The third kappa shape index (κ3) is 17.3. The molecule has 2 aliphatic heterocycles. The standard InChI is InChI=1S/C41H66N6O9/c1-2-3-4-5-6-7-8-9-10-11-12-13-14-25-37(50)46(54)28-19-17-22-32(44-39(52)34-30-56-40(45-34)31-21-15-16-24-35(31)48)38(51)42-27-26-36(49)43-33-23-18-20-29-47(55)41(33)53/h15-16,21,24,32-34,48,54-55H,2-14,17-20,22-23,25-30H2,1H3,(H,42,51)(H,43,49)(H,44,52)/t32-,33?,34+/m1/s1. The molecular formula is C41H66N6O9. The number of nitrogens with one attached hydrogen (secondary N) is 3. The number of rotatable bonds is 27.